The Balaban J connectivity index is 0.000000210. The van der Waals surface area contributed by atoms with E-state index in [1.54, 1.807) is 39.7 Å². The number of rotatable bonds is 9. The number of carbonyl (C=O) groups excluding carboxylic acids is 2. The van der Waals surface area contributed by atoms with Crippen molar-refractivity contribution >= 4 is 62.7 Å². The normalized spacial score (nSPS) is 12.2. The topological polar surface area (TPSA) is 114 Å². The minimum absolute atomic E-state index is 0.107. The van der Waals surface area contributed by atoms with Crippen LogP contribution in [0.25, 0.3) is 41.3 Å². The molecule has 0 unspecified atom stereocenters. The fourth-order valence-electron chi connectivity index (χ4n) is 5.40. The molecule has 0 fully saturated rings. The first-order valence-electron chi connectivity index (χ1n) is 17.6. The number of hydrogen-bond donors (Lipinski definition) is 3. The molecule has 0 atom stereocenters. The average Bonchev–Trinajstić information content (AvgIpc) is 3.81. The fraction of sp³-hybridized carbons (Fsp3) is 0.400. The number of hydrogen-bond acceptors (Lipinski definition) is 7. The second kappa shape index (κ2) is 15.5. The molecule has 9 nitrogen and oxygen atoms in total. The Labute approximate surface area is 316 Å². The summed E-state index contributed by atoms with van der Waals surface area (Å²) in [4.78, 5) is 27.4. The average molecular weight is 757 g/mol. The predicted molar refractivity (Wildman–Crippen MR) is 220 cm³/mol. The molecule has 12 heteroatoms. The minimum atomic E-state index is -1.14. The Morgan fingerprint density at radius 1 is 0.808 bits per heavy atom. The number of amides is 2. The zero-order valence-electron chi connectivity index (χ0n) is 32.3. The third-order valence-corrected chi connectivity index (χ3v) is 11.9. The molecule has 6 aromatic rings. The van der Waals surface area contributed by atoms with E-state index >= 15 is 0 Å². The van der Waals surface area contributed by atoms with Gasteiger partial charge in [0.15, 0.2) is 0 Å². The van der Waals surface area contributed by atoms with Gasteiger partial charge in [0, 0.05) is 41.4 Å². The largest absolute Gasteiger partial charge is 0.360 e. The van der Waals surface area contributed by atoms with Gasteiger partial charge in [0.05, 0.1) is 32.8 Å². The van der Waals surface area contributed by atoms with Gasteiger partial charge in [-0.3, -0.25) is 14.7 Å². The Morgan fingerprint density at radius 2 is 1.35 bits per heavy atom. The van der Waals surface area contributed by atoms with Crippen molar-refractivity contribution in [1.82, 2.24) is 30.6 Å². The Hall–Kier alpha value is -4.10. The van der Waals surface area contributed by atoms with Crippen molar-refractivity contribution in [3.05, 3.63) is 83.2 Å². The number of fused-ring (bicyclic) bond motifs is 2. The number of carbonyl (C=O) groups is 2. The summed E-state index contributed by atoms with van der Waals surface area (Å²) in [5, 5.41) is 20.2. The van der Waals surface area contributed by atoms with Crippen LogP contribution in [0, 0.1) is 13.8 Å². The number of nitrogens with zero attached hydrogens (tertiary/aromatic N) is 3. The number of H-pyrrole nitrogens is 1. The van der Waals surface area contributed by atoms with Crippen LogP contribution in [-0.2, 0) is 11.5 Å². The standard InChI is InChI=1S/C23H33N3O2SSi.C17H19N3OS/c1-16-8-9-19-17(12-16)13-20(29-19)21-18(22(27)24-23(2,3)4)14-26(25-21)15-28-10-11-30(5,6)7;1-10-5-6-13-11(7-10)8-14(22-13)15-12(9-18-20-15)16(21)19-17(2,3)4/h8-9,12-14H,10-11,15H2,1-7H3,(H,24,27);5-9H,1-4H3,(H,18,20)(H,19,21). The molecule has 2 aromatic carbocycles. The number of aromatic amines is 1. The van der Waals surface area contributed by atoms with Crippen molar-refractivity contribution in [3.8, 4) is 21.1 Å². The molecule has 0 spiro atoms. The number of ether oxygens (including phenoxy) is 1. The maximum absolute atomic E-state index is 13.0. The van der Waals surface area contributed by atoms with Gasteiger partial charge in [0.25, 0.3) is 11.8 Å². The van der Waals surface area contributed by atoms with Crippen LogP contribution < -0.4 is 10.6 Å². The molecule has 4 heterocycles. The molecule has 52 heavy (non-hydrogen) atoms. The molecule has 0 aliphatic carbocycles. The number of aromatic nitrogens is 4. The van der Waals surface area contributed by atoms with Crippen LogP contribution in [0.15, 0.2) is 60.9 Å². The number of nitrogens with one attached hydrogen (secondary N) is 3. The van der Waals surface area contributed by atoms with Crippen LogP contribution in [0.3, 0.4) is 0 Å². The predicted octanol–water partition coefficient (Wildman–Crippen LogP) is 10.0. The first-order valence-corrected chi connectivity index (χ1v) is 22.9. The smallest absolute Gasteiger partial charge is 0.255 e. The molecular weight excluding hydrogens is 705 g/mol. The SMILES string of the molecule is Cc1ccc2sc(-c3[nH]ncc3C(=O)NC(C)(C)C)cc2c1.Cc1ccc2sc(-c3nn(COCC[Si](C)(C)C)cc3C(=O)NC(C)(C)C)cc2c1. The van der Waals surface area contributed by atoms with Crippen molar-refractivity contribution in [3.63, 3.8) is 0 Å². The minimum Gasteiger partial charge on any atom is -0.360 e. The summed E-state index contributed by atoms with van der Waals surface area (Å²) in [5.74, 6) is -0.218. The highest BCUT2D eigenvalue weighted by molar-refractivity contribution is 7.22. The lowest BCUT2D eigenvalue weighted by atomic mass is 10.1. The molecule has 3 N–H and O–H groups in total. The highest BCUT2D eigenvalue weighted by Gasteiger charge is 2.24. The van der Waals surface area contributed by atoms with E-state index in [0.29, 0.717) is 23.6 Å². The van der Waals surface area contributed by atoms with Crippen LogP contribution in [0.2, 0.25) is 25.7 Å². The van der Waals surface area contributed by atoms with E-state index in [0.717, 1.165) is 28.1 Å². The van der Waals surface area contributed by atoms with Crippen molar-refractivity contribution < 1.29 is 14.3 Å². The molecule has 0 radical (unpaired) electrons. The molecule has 0 saturated heterocycles. The van der Waals surface area contributed by atoms with Gasteiger partial charge in [0.2, 0.25) is 0 Å². The van der Waals surface area contributed by atoms with Crippen LogP contribution in [0.5, 0.6) is 0 Å². The van der Waals surface area contributed by atoms with Gasteiger partial charge in [-0.25, -0.2) is 4.68 Å². The quantitative estimate of drug-likeness (QED) is 0.100. The van der Waals surface area contributed by atoms with E-state index in [9.17, 15) is 9.59 Å². The monoisotopic (exact) mass is 756 g/mol. The second-order valence-corrected chi connectivity index (χ2v) is 24.4. The molecule has 0 aliphatic rings. The molecule has 2 amide bonds. The Morgan fingerprint density at radius 3 is 1.90 bits per heavy atom. The lowest BCUT2D eigenvalue weighted by Crippen LogP contribution is -2.40. The summed E-state index contributed by atoms with van der Waals surface area (Å²) < 4.78 is 10.0. The Bertz CT molecular complexity index is 2190. The highest BCUT2D eigenvalue weighted by Crippen LogP contribution is 2.36. The number of aryl methyl sites for hydroxylation is 2. The van der Waals surface area contributed by atoms with Gasteiger partial charge < -0.3 is 15.4 Å². The molecule has 0 bridgehead atoms. The summed E-state index contributed by atoms with van der Waals surface area (Å²) in [6.45, 7) is 24.1. The molecule has 6 rings (SSSR count). The summed E-state index contributed by atoms with van der Waals surface area (Å²) in [7, 11) is -1.14. The van der Waals surface area contributed by atoms with E-state index < -0.39 is 8.07 Å². The van der Waals surface area contributed by atoms with E-state index in [4.69, 9.17) is 9.84 Å². The van der Waals surface area contributed by atoms with Gasteiger partial charge in [-0.05, 0) is 96.5 Å². The van der Waals surface area contributed by atoms with Crippen molar-refractivity contribution in [2.45, 2.75) is 98.9 Å². The zero-order valence-corrected chi connectivity index (χ0v) is 34.9. The summed E-state index contributed by atoms with van der Waals surface area (Å²) in [6, 6.07) is 18.1. The van der Waals surface area contributed by atoms with Crippen LogP contribution in [0.4, 0.5) is 0 Å². The van der Waals surface area contributed by atoms with E-state index in [1.807, 2.05) is 41.5 Å². The van der Waals surface area contributed by atoms with Gasteiger partial charge in [0.1, 0.15) is 12.4 Å². The maximum atomic E-state index is 13.0. The van der Waals surface area contributed by atoms with Gasteiger partial charge in [-0.15, -0.1) is 22.7 Å². The molecule has 0 aliphatic heterocycles. The maximum Gasteiger partial charge on any atom is 0.255 e. The van der Waals surface area contributed by atoms with Crippen LogP contribution >= 0.6 is 22.7 Å². The fourth-order valence-corrected chi connectivity index (χ4v) is 8.25. The van der Waals surface area contributed by atoms with Gasteiger partial charge >= 0.3 is 0 Å². The van der Waals surface area contributed by atoms with Crippen LogP contribution in [-0.4, -0.2) is 57.6 Å². The van der Waals surface area contributed by atoms with Crippen molar-refractivity contribution in [2.75, 3.05) is 6.61 Å². The number of thiophene rings is 2. The summed E-state index contributed by atoms with van der Waals surface area (Å²) >= 11 is 3.32. The molecular formula is C40H52N6O3S2Si. The third kappa shape index (κ3) is 10.5. The molecule has 0 saturated carbocycles. The number of benzene rings is 2. The van der Waals surface area contributed by atoms with E-state index in [-0.39, 0.29) is 22.9 Å². The van der Waals surface area contributed by atoms with E-state index in [2.05, 4.69) is 103 Å². The van der Waals surface area contributed by atoms with E-state index in [1.165, 1.54) is 31.3 Å². The molecule has 276 valence electrons. The first-order chi connectivity index (χ1) is 24.2. The lowest BCUT2D eigenvalue weighted by Gasteiger charge is -2.20. The summed E-state index contributed by atoms with van der Waals surface area (Å²) in [6.07, 6.45) is 3.40. The van der Waals surface area contributed by atoms with Gasteiger partial charge in [-0.2, -0.15) is 10.2 Å². The van der Waals surface area contributed by atoms with Crippen molar-refractivity contribution in [2.24, 2.45) is 0 Å². The summed E-state index contributed by atoms with van der Waals surface area (Å²) in [5.41, 5.74) is 4.51. The van der Waals surface area contributed by atoms with Crippen LogP contribution in [0.1, 0.15) is 73.4 Å². The third-order valence-electron chi connectivity index (χ3n) is 7.91. The first kappa shape index (κ1) is 39.1. The lowest BCUT2D eigenvalue weighted by molar-refractivity contribution is 0.0785. The van der Waals surface area contributed by atoms with Gasteiger partial charge in [-0.1, -0.05) is 55.0 Å². The highest BCUT2D eigenvalue weighted by atomic mass is 32.1. The second-order valence-electron chi connectivity index (χ2n) is 16.6. The van der Waals surface area contributed by atoms with Crippen molar-refractivity contribution in [1.29, 1.82) is 0 Å². The molecule has 4 aromatic heterocycles. The zero-order chi connectivity index (χ0) is 38.0. The Kier molecular flexibility index (Phi) is 11.6.